The molecule has 0 aliphatic heterocycles. The van der Waals surface area contributed by atoms with E-state index >= 15 is 0 Å². The standard InChI is InChI=1S/C5H11N2O2/c1-4(6-3-8)7-5(2)9/h4-5,7,9H,1-2H3,(H,6,8). The Balaban J connectivity index is 3.25. The molecule has 4 nitrogen and oxygen atoms in total. The van der Waals surface area contributed by atoms with Crippen LogP contribution in [0, 0.1) is 0 Å². The van der Waals surface area contributed by atoms with Crippen molar-refractivity contribution in [3.63, 3.8) is 0 Å². The predicted octanol–water partition coefficient (Wildman–Crippen LogP) is -1.08. The summed E-state index contributed by atoms with van der Waals surface area (Å²) in [5.41, 5.74) is 0. The fourth-order valence-electron chi connectivity index (χ4n) is 0.492. The fourth-order valence-corrected chi connectivity index (χ4v) is 0.492. The third-order valence-corrected chi connectivity index (χ3v) is 0.767. The van der Waals surface area contributed by atoms with Gasteiger partial charge in [-0.25, -0.2) is 0 Å². The van der Waals surface area contributed by atoms with E-state index < -0.39 is 6.23 Å². The molecular formula is C5H11N2O2. The highest BCUT2D eigenvalue weighted by atomic mass is 16.3. The summed E-state index contributed by atoms with van der Waals surface area (Å²) in [6.07, 6.45) is 0.655. The molecule has 0 fully saturated rings. The van der Waals surface area contributed by atoms with E-state index in [1.54, 1.807) is 13.8 Å². The first kappa shape index (κ1) is 8.39. The topological polar surface area (TPSA) is 61.4 Å². The first-order valence-corrected chi connectivity index (χ1v) is 2.73. The maximum absolute atomic E-state index is 9.64. The van der Waals surface area contributed by atoms with E-state index in [-0.39, 0.29) is 6.17 Å². The van der Waals surface area contributed by atoms with E-state index in [9.17, 15) is 4.79 Å². The second-order valence-corrected chi connectivity index (χ2v) is 1.81. The summed E-state index contributed by atoms with van der Waals surface area (Å²) < 4.78 is 0. The van der Waals surface area contributed by atoms with Gasteiger partial charge in [0.15, 0.2) is 0 Å². The van der Waals surface area contributed by atoms with Gasteiger partial charge in [0.2, 0.25) is 0 Å². The Hall–Kier alpha value is -0.610. The molecule has 0 saturated heterocycles. The van der Waals surface area contributed by atoms with Crippen molar-refractivity contribution < 1.29 is 9.90 Å². The molecule has 1 amide bonds. The van der Waals surface area contributed by atoms with Crippen LogP contribution in [0.15, 0.2) is 0 Å². The summed E-state index contributed by atoms with van der Waals surface area (Å²) in [4.78, 5) is 9.64. The predicted molar refractivity (Wildman–Crippen MR) is 33.1 cm³/mol. The molecule has 2 unspecified atom stereocenters. The first-order valence-electron chi connectivity index (χ1n) is 2.73. The van der Waals surface area contributed by atoms with Crippen LogP contribution >= 0.6 is 0 Å². The fraction of sp³-hybridized carbons (Fsp3) is 0.800. The van der Waals surface area contributed by atoms with E-state index in [1.807, 2.05) is 0 Å². The number of carbonyl (C=O) groups excluding carboxylic acids is 1. The van der Waals surface area contributed by atoms with Gasteiger partial charge in [-0.15, -0.1) is 0 Å². The molecule has 0 rings (SSSR count). The third kappa shape index (κ3) is 5.26. The highest BCUT2D eigenvalue weighted by Gasteiger charge is 2.00. The van der Waals surface area contributed by atoms with Gasteiger partial charge in [-0.05, 0) is 13.8 Å². The zero-order chi connectivity index (χ0) is 7.28. The van der Waals surface area contributed by atoms with Crippen LogP contribution in [0.5, 0.6) is 0 Å². The third-order valence-electron chi connectivity index (χ3n) is 0.767. The van der Waals surface area contributed by atoms with Crippen LogP contribution in [-0.4, -0.2) is 23.9 Å². The summed E-state index contributed by atoms with van der Waals surface area (Å²) >= 11 is 0. The Morgan fingerprint density at radius 3 is 2.44 bits per heavy atom. The summed E-state index contributed by atoms with van der Waals surface area (Å²) in [6, 6.07) is 0. The Morgan fingerprint density at radius 2 is 2.11 bits per heavy atom. The van der Waals surface area contributed by atoms with Crippen LogP contribution in [0.25, 0.3) is 0 Å². The molecule has 53 valence electrons. The zero-order valence-electron chi connectivity index (χ0n) is 5.51. The molecule has 0 bridgehead atoms. The molecule has 4 heteroatoms. The Bertz CT molecular complexity index is 85.0. The van der Waals surface area contributed by atoms with Gasteiger partial charge < -0.3 is 10.4 Å². The molecule has 0 aliphatic rings. The van der Waals surface area contributed by atoms with Gasteiger partial charge in [-0.1, -0.05) is 0 Å². The average Bonchev–Trinajstić information content (AvgIpc) is 1.63. The number of hydrogen-bond donors (Lipinski definition) is 3. The molecule has 2 atom stereocenters. The van der Waals surface area contributed by atoms with Gasteiger partial charge >= 0.3 is 6.41 Å². The van der Waals surface area contributed by atoms with Crippen molar-refractivity contribution in [2.24, 2.45) is 0 Å². The van der Waals surface area contributed by atoms with Crippen molar-refractivity contribution in [2.45, 2.75) is 26.2 Å². The number of nitrogens with one attached hydrogen (secondary N) is 2. The zero-order valence-corrected chi connectivity index (χ0v) is 5.51. The molecule has 0 saturated carbocycles. The van der Waals surface area contributed by atoms with E-state index in [0.29, 0.717) is 0 Å². The van der Waals surface area contributed by atoms with Crippen molar-refractivity contribution in [2.75, 3.05) is 0 Å². The molecule has 3 N–H and O–H groups in total. The molecule has 1 radical (unpaired) electrons. The highest BCUT2D eigenvalue weighted by Crippen LogP contribution is 1.75. The molecule has 0 aromatic heterocycles. The van der Waals surface area contributed by atoms with Gasteiger partial charge in [0.1, 0.15) is 6.23 Å². The van der Waals surface area contributed by atoms with Gasteiger partial charge in [0, 0.05) is 0 Å². The molecule has 0 spiro atoms. The minimum absolute atomic E-state index is 0.234. The second-order valence-electron chi connectivity index (χ2n) is 1.81. The largest absolute Gasteiger partial charge is 0.379 e. The number of aliphatic hydroxyl groups excluding tert-OH is 1. The van der Waals surface area contributed by atoms with Crippen LogP contribution in [0.4, 0.5) is 0 Å². The lowest BCUT2D eigenvalue weighted by Crippen LogP contribution is -2.43. The van der Waals surface area contributed by atoms with Gasteiger partial charge in [0.05, 0.1) is 6.17 Å². The average molecular weight is 131 g/mol. The lowest BCUT2D eigenvalue weighted by molar-refractivity contribution is 0.140. The van der Waals surface area contributed by atoms with Gasteiger partial charge in [-0.3, -0.25) is 10.1 Å². The number of aliphatic hydroxyl groups is 1. The molecule has 0 aromatic carbocycles. The number of rotatable bonds is 4. The van der Waals surface area contributed by atoms with Crippen molar-refractivity contribution in [3.05, 3.63) is 0 Å². The maximum Gasteiger partial charge on any atom is 0.310 e. The smallest absolute Gasteiger partial charge is 0.310 e. The Kier molecular flexibility index (Phi) is 4.00. The van der Waals surface area contributed by atoms with Crippen molar-refractivity contribution >= 4 is 6.41 Å². The van der Waals surface area contributed by atoms with Crippen LogP contribution in [0.3, 0.4) is 0 Å². The number of amides is 1. The van der Waals surface area contributed by atoms with E-state index in [2.05, 4.69) is 10.6 Å². The SMILES string of the molecule is CC(O)NC(C)N[C]=O. The number of hydrogen-bond acceptors (Lipinski definition) is 3. The van der Waals surface area contributed by atoms with Crippen molar-refractivity contribution in [1.29, 1.82) is 0 Å². The van der Waals surface area contributed by atoms with Gasteiger partial charge in [0.25, 0.3) is 0 Å². The van der Waals surface area contributed by atoms with Crippen molar-refractivity contribution in [3.8, 4) is 0 Å². The quantitative estimate of drug-likeness (QED) is 0.336. The molecule has 0 aliphatic carbocycles. The first-order chi connectivity index (χ1) is 4.16. The van der Waals surface area contributed by atoms with Gasteiger partial charge in [-0.2, -0.15) is 0 Å². The summed E-state index contributed by atoms with van der Waals surface area (Å²) in [6.45, 7) is 3.28. The van der Waals surface area contributed by atoms with E-state index in [4.69, 9.17) is 5.11 Å². The van der Waals surface area contributed by atoms with E-state index in [1.165, 1.54) is 6.41 Å². The summed E-state index contributed by atoms with van der Waals surface area (Å²) in [5.74, 6) is 0. The van der Waals surface area contributed by atoms with Crippen molar-refractivity contribution in [1.82, 2.24) is 10.6 Å². The van der Waals surface area contributed by atoms with Crippen LogP contribution in [-0.2, 0) is 4.79 Å². The molecule has 0 aromatic rings. The lowest BCUT2D eigenvalue weighted by Gasteiger charge is -2.13. The normalized spacial score (nSPS) is 16.3. The highest BCUT2D eigenvalue weighted by molar-refractivity contribution is 5.47. The second kappa shape index (κ2) is 4.29. The summed E-state index contributed by atoms with van der Waals surface area (Å²) in [7, 11) is 0. The van der Waals surface area contributed by atoms with Crippen LogP contribution < -0.4 is 10.6 Å². The maximum atomic E-state index is 9.64. The summed E-state index contributed by atoms with van der Waals surface area (Å²) in [5, 5.41) is 13.6. The minimum Gasteiger partial charge on any atom is -0.379 e. The molecule has 9 heavy (non-hydrogen) atoms. The minimum atomic E-state index is -0.610. The van der Waals surface area contributed by atoms with Crippen LogP contribution in [0.1, 0.15) is 13.8 Å². The lowest BCUT2D eigenvalue weighted by atomic mass is 10.5. The molecular weight excluding hydrogens is 120 g/mol. The van der Waals surface area contributed by atoms with Crippen LogP contribution in [0.2, 0.25) is 0 Å². The molecule has 0 heterocycles. The monoisotopic (exact) mass is 131 g/mol. The Morgan fingerprint density at radius 1 is 1.56 bits per heavy atom. The Labute approximate surface area is 54.3 Å². The van der Waals surface area contributed by atoms with E-state index in [0.717, 1.165) is 0 Å².